The Morgan fingerprint density at radius 1 is 1.17 bits per heavy atom. The van der Waals surface area contributed by atoms with E-state index in [1.165, 1.54) is 0 Å². The molecule has 0 saturated carbocycles. The summed E-state index contributed by atoms with van der Waals surface area (Å²) in [6.45, 7) is 2.50. The monoisotopic (exact) mass is 482 g/mol. The highest BCUT2D eigenvalue weighted by molar-refractivity contribution is 7.72. The van der Waals surface area contributed by atoms with E-state index < -0.39 is 51.2 Å². The number of amides is 3. The van der Waals surface area contributed by atoms with Gasteiger partial charge in [-0.05, 0) is 12.3 Å². The smallest absolute Gasteiger partial charge is 0.367 e. The van der Waals surface area contributed by atoms with Crippen molar-refractivity contribution < 1.29 is 43.4 Å². The van der Waals surface area contributed by atoms with Gasteiger partial charge in [-0.15, -0.1) is 16.5 Å². The van der Waals surface area contributed by atoms with E-state index in [1.807, 2.05) is 0 Å². The van der Waals surface area contributed by atoms with Gasteiger partial charge in [0, 0.05) is 18.8 Å². The minimum atomic E-state index is -5.66. The number of carbonyl (C=O) groups excluding carboxylic acids is 2. The Morgan fingerprint density at radius 3 is 2.07 bits per heavy atom. The molecular weight excluding hydrogens is 458 g/mol. The zero-order chi connectivity index (χ0) is 23.0. The normalized spacial score (nSPS) is 13.7. The molecule has 7 N–H and O–H groups in total. The molecule has 0 heterocycles. The highest BCUT2D eigenvalue weighted by atomic mass is 35.5. The predicted octanol–water partition coefficient (Wildman–Crippen LogP) is -0.159. The Kier molecular flexibility index (Phi) is 10.9. The van der Waals surface area contributed by atoms with Crippen LogP contribution in [0.3, 0.4) is 0 Å². The Labute approximate surface area is 171 Å². The molecule has 0 unspecified atom stereocenters. The lowest BCUT2D eigenvalue weighted by molar-refractivity contribution is -0.123. The first kappa shape index (κ1) is 27.9. The maximum Gasteiger partial charge on any atom is 0.369 e. The van der Waals surface area contributed by atoms with Gasteiger partial charge in [-0.2, -0.15) is 5.01 Å². The number of halogens is 1. The first-order valence-corrected chi connectivity index (χ1v) is 11.9. The van der Waals surface area contributed by atoms with Gasteiger partial charge in [-0.25, -0.2) is 4.79 Å². The van der Waals surface area contributed by atoms with E-state index in [4.69, 9.17) is 31.2 Å². The zero-order valence-electron chi connectivity index (χ0n) is 15.6. The molecule has 3 amide bonds. The molecule has 29 heavy (non-hydrogen) atoms. The van der Waals surface area contributed by atoms with Crippen LogP contribution in [0.5, 0.6) is 0 Å². The summed E-state index contributed by atoms with van der Waals surface area (Å²) in [5, 5.41) is 13.4. The summed E-state index contributed by atoms with van der Waals surface area (Å²) < 4.78 is 22.6. The number of rotatable bonds is 12. The summed E-state index contributed by atoms with van der Waals surface area (Å²) in [5.41, 5.74) is 0. The van der Waals surface area contributed by atoms with Crippen molar-refractivity contribution in [1.82, 2.24) is 15.6 Å². The molecule has 0 fully saturated rings. The van der Waals surface area contributed by atoms with Gasteiger partial charge in [0.05, 0.1) is 11.8 Å². The van der Waals surface area contributed by atoms with Crippen molar-refractivity contribution in [2.45, 2.75) is 37.8 Å². The lowest BCUT2D eigenvalue weighted by Crippen LogP contribution is -2.51. The fourth-order valence-corrected chi connectivity index (χ4v) is 4.45. The van der Waals surface area contributed by atoms with E-state index >= 15 is 0 Å². The van der Waals surface area contributed by atoms with Crippen molar-refractivity contribution in [3.8, 4) is 0 Å². The summed E-state index contributed by atoms with van der Waals surface area (Å²) in [6.07, 6.45) is -1.07. The summed E-state index contributed by atoms with van der Waals surface area (Å²) in [4.78, 5) is 71.2. The molecule has 0 bridgehead atoms. The van der Waals surface area contributed by atoms with Gasteiger partial charge in [-0.3, -0.25) is 13.9 Å². The Bertz CT molecular complexity index is 660. The molecular formula is C12H25ClN4O10P2. The standard InChI is InChI=1S/C12H25ClN4O10P2/c1-8(2)7-9(15-11(19)17(16-21)6-4-13)10(18)14-5-3-12(20,28(22,23)24)29(25,26)27/h8-9,20H,3-7H2,1-2H3,(H,14,18)(H,15,19)(H2,22,23,24)(H2,25,26,27)/t9-/m0/s1. The van der Waals surface area contributed by atoms with Gasteiger partial charge in [0.15, 0.2) is 0 Å². The van der Waals surface area contributed by atoms with Crippen molar-refractivity contribution in [3.05, 3.63) is 4.91 Å². The van der Waals surface area contributed by atoms with Crippen molar-refractivity contribution in [3.63, 3.8) is 0 Å². The van der Waals surface area contributed by atoms with Crippen LogP contribution in [-0.4, -0.2) is 71.7 Å². The maximum atomic E-state index is 12.3. The topological polar surface area (TPSA) is 226 Å². The van der Waals surface area contributed by atoms with Gasteiger partial charge in [-0.1, -0.05) is 13.8 Å². The average Bonchev–Trinajstić information content (AvgIpc) is 2.56. The van der Waals surface area contributed by atoms with E-state index in [-0.39, 0.29) is 24.8 Å². The largest absolute Gasteiger partial charge is 0.369 e. The molecule has 0 aliphatic heterocycles. The van der Waals surface area contributed by atoms with E-state index in [0.29, 0.717) is 5.01 Å². The second-order valence-electron chi connectivity index (χ2n) is 6.43. The highest BCUT2D eigenvalue weighted by Crippen LogP contribution is 2.68. The molecule has 0 saturated heterocycles. The van der Waals surface area contributed by atoms with Crippen LogP contribution in [0.15, 0.2) is 5.29 Å². The van der Waals surface area contributed by atoms with Crippen LogP contribution in [0.2, 0.25) is 0 Å². The van der Waals surface area contributed by atoms with E-state index in [1.54, 1.807) is 13.8 Å². The van der Waals surface area contributed by atoms with Crippen molar-refractivity contribution in [2.24, 2.45) is 11.2 Å². The van der Waals surface area contributed by atoms with Gasteiger partial charge in [0.2, 0.25) is 5.91 Å². The van der Waals surface area contributed by atoms with Crippen LogP contribution >= 0.6 is 26.8 Å². The minimum absolute atomic E-state index is 0.0897. The van der Waals surface area contributed by atoms with Crippen molar-refractivity contribution >= 4 is 38.7 Å². The molecule has 0 rings (SSSR count). The third-order valence-electron chi connectivity index (χ3n) is 3.64. The van der Waals surface area contributed by atoms with Crippen LogP contribution in [-0.2, 0) is 13.9 Å². The van der Waals surface area contributed by atoms with E-state index in [9.17, 15) is 28.7 Å². The molecule has 0 aromatic rings. The molecule has 0 aromatic heterocycles. The zero-order valence-corrected chi connectivity index (χ0v) is 18.2. The fraction of sp³-hybridized carbons (Fsp3) is 0.833. The van der Waals surface area contributed by atoms with Crippen LogP contribution in [0.1, 0.15) is 26.7 Å². The average molecular weight is 483 g/mol. The third kappa shape index (κ3) is 8.27. The number of aliphatic hydroxyl groups is 1. The van der Waals surface area contributed by atoms with E-state index in [0.717, 1.165) is 0 Å². The molecule has 1 atom stereocenters. The minimum Gasteiger partial charge on any atom is -0.367 e. The number of hydrogen-bond acceptors (Lipinski definition) is 7. The fourth-order valence-electron chi connectivity index (χ4n) is 2.12. The second kappa shape index (κ2) is 11.3. The Morgan fingerprint density at radius 2 is 1.69 bits per heavy atom. The second-order valence-corrected chi connectivity index (χ2v) is 10.8. The molecule has 0 radical (unpaired) electrons. The number of nitrogens with zero attached hydrogens (tertiary/aromatic N) is 2. The number of hydrogen-bond donors (Lipinski definition) is 7. The summed E-state index contributed by atoms with van der Waals surface area (Å²) >= 11 is 5.44. The van der Waals surface area contributed by atoms with Crippen LogP contribution in [0.4, 0.5) is 4.79 Å². The SMILES string of the molecule is CC(C)C[C@H](NC(=O)N(CCCl)N=O)C(=O)NCCC(O)(P(=O)(O)O)P(=O)(O)O. The quantitative estimate of drug-likeness (QED) is 0.0841. The summed E-state index contributed by atoms with van der Waals surface area (Å²) in [7, 11) is -11.3. The summed E-state index contributed by atoms with van der Waals surface area (Å²) in [5.74, 6) is -1.08. The molecule has 17 heteroatoms. The maximum absolute atomic E-state index is 12.3. The van der Waals surface area contributed by atoms with Crippen molar-refractivity contribution in [1.29, 1.82) is 0 Å². The molecule has 0 aliphatic carbocycles. The lowest BCUT2D eigenvalue weighted by atomic mass is 10.0. The van der Waals surface area contributed by atoms with Gasteiger partial charge >= 0.3 is 21.2 Å². The predicted molar refractivity (Wildman–Crippen MR) is 102 cm³/mol. The molecule has 0 aliphatic rings. The summed E-state index contributed by atoms with van der Waals surface area (Å²) in [6, 6.07) is -2.22. The Hall–Kier alpha value is -1.11. The Balaban J connectivity index is 5.21. The van der Waals surface area contributed by atoms with Crippen LogP contribution < -0.4 is 10.6 Å². The number of urea groups is 1. The van der Waals surface area contributed by atoms with Gasteiger partial charge in [0.25, 0.3) is 5.08 Å². The molecule has 14 nitrogen and oxygen atoms in total. The van der Waals surface area contributed by atoms with Gasteiger partial charge < -0.3 is 35.3 Å². The van der Waals surface area contributed by atoms with Gasteiger partial charge in [0.1, 0.15) is 6.04 Å². The molecule has 170 valence electrons. The van der Waals surface area contributed by atoms with Crippen LogP contribution in [0.25, 0.3) is 0 Å². The third-order valence-corrected chi connectivity index (χ3v) is 7.69. The number of carbonyl (C=O) groups is 2. The first-order chi connectivity index (χ1) is 13.1. The van der Waals surface area contributed by atoms with Crippen molar-refractivity contribution in [2.75, 3.05) is 19.0 Å². The number of nitroso groups, excluding NO2 is 1. The highest BCUT2D eigenvalue weighted by Gasteiger charge is 2.58. The first-order valence-electron chi connectivity index (χ1n) is 8.19. The van der Waals surface area contributed by atoms with Crippen LogP contribution in [0, 0.1) is 10.8 Å². The lowest BCUT2D eigenvalue weighted by Gasteiger charge is -2.29. The molecule has 0 aromatic carbocycles. The van der Waals surface area contributed by atoms with E-state index in [2.05, 4.69) is 15.9 Å². The number of alkyl halides is 1. The number of nitrogens with one attached hydrogen (secondary N) is 2. The molecule has 0 spiro atoms.